The summed E-state index contributed by atoms with van der Waals surface area (Å²) in [6.45, 7) is 7.14. The minimum absolute atomic E-state index is 0.0451. The van der Waals surface area contributed by atoms with E-state index in [1.807, 2.05) is 25.1 Å². The number of carbonyl (C=O) groups excluding carboxylic acids is 1. The number of nitrogens with two attached hydrogens (primary N) is 1. The maximum absolute atomic E-state index is 12.8. The molecule has 1 aromatic rings. The van der Waals surface area contributed by atoms with Crippen molar-refractivity contribution in [2.75, 3.05) is 20.3 Å². The lowest BCUT2D eigenvalue weighted by atomic mass is 9.86. The summed E-state index contributed by atoms with van der Waals surface area (Å²) in [6.07, 6.45) is 1.38. The van der Waals surface area contributed by atoms with Gasteiger partial charge in [-0.15, -0.1) is 0 Å². The molecule has 0 aliphatic rings. The van der Waals surface area contributed by atoms with E-state index in [4.69, 9.17) is 10.5 Å². The largest absolute Gasteiger partial charge is 0.385 e. The van der Waals surface area contributed by atoms with E-state index in [1.165, 1.54) is 0 Å². The van der Waals surface area contributed by atoms with Gasteiger partial charge in [-0.2, -0.15) is 0 Å². The van der Waals surface area contributed by atoms with Gasteiger partial charge in [-0.05, 0) is 43.4 Å². The van der Waals surface area contributed by atoms with Crippen molar-refractivity contribution < 1.29 is 9.53 Å². The summed E-state index contributed by atoms with van der Waals surface area (Å²) >= 11 is 3.48. The first-order valence-corrected chi connectivity index (χ1v) is 8.87. The molecule has 0 aliphatic carbocycles. The third-order valence-electron chi connectivity index (χ3n) is 4.52. The molecule has 1 rings (SSSR count). The lowest BCUT2D eigenvalue weighted by Crippen LogP contribution is -2.56. The summed E-state index contributed by atoms with van der Waals surface area (Å²) in [5.74, 6) is 0.183. The zero-order valence-electron chi connectivity index (χ0n) is 14.6. The van der Waals surface area contributed by atoms with Gasteiger partial charge in [0.1, 0.15) is 0 Å². The van der Waals surface area contributed by atoms with Gasteiger partial charge < -0.3 is 15.8 Å². The fourth-order valence-corrected chi connectivity index (χ4v) is 2.80. The second kappa shape index (κ2) is 9.40. The summed E-state index contributed by atoms with van der Waals surface area (Å²) in [7, 11) is 1.66. The highest BCUT2D eigenvalue weighted by molar-refractivity contribution is 9.10. The van der Waals surface area contributed by atoms with Crippen LogP contribution in [-0.4, -0.2) is 31.7 Å². The minimum Gasteiger partial charge on any atom is -0.385 e. The van der Waals surface area contributed by atoms with E-state index < -0.39 is 0 Å². The predicted molar refractivity (Wildman–Crippen MR) is 98.3 cm³/mol. The molecular weight excluding hydrogens is 356 g/mol. The number of halogens is 1. The first-order chi connectivity index (χ1) is 10.8. The maximum atomic E-state index is 12.8. The number of benzene rings is 1. The van der Waals surface area contributed by atoms with Crippen molar-refractivity contribution in [2.45, 2.75) is 39.2 Å². The van der Waals surface area contributed by atoms with Gasteiger partial charge in [0.2, 0.25) is 5.91 Å². The van der Waals surface area contributed by atoms with Gasteiger partial charge in [-0.3, -0.25) is 4.79 Å². The normalized spacial score (nSPS) is 15.3. The molecule has 0 saturated carbocycles. The molecule has 4 nitrogen and oxygen atoms in total. The second-order valence-electron chi connectivity index (χ2n) is 6.58. The van der Waals surface area contributed by atoms with Crippen LogP contribution in [0.4, 0.5) is 0 Å². The second-order valence-corrected chi connectivity index (χ2v) is 7.49. The molecule has 2 atom stereocenters. The zero-order chi connectivity index (χ0) is 17.5. The molecule has 0 bridgehead atoms. The quantitative estimate of drug-likeness (QED) is 0.687. The fourth-order valence-electron chi connectivity index (χ4n) is 2.35. The van der Waals surface area contributed by atoms with Crippen molar-refractivity contribution in [3.05, 3.63) is 34.3 Å². The Morgan fingerprint density at radius 2 is 2.13 bits per heavy atom. The molecule has 1 aromatic carbocycles. The first kappa shape index (κ1) is 20.1. The number of ether oxygens (including phenoxy) is 1. The van der Waals surface area contributed by atoms with E-state index in [-0.39, 0.29) is 23.3 Å². The Labute approximate surface area is 148 Å². The number of hydrogen-bond donors (Lipinski definition) is 2. The van der Waals surface area contributed by atoms with Gasteiger partial charge in [-0.1, -0.05) is 41.9 Å². The zero-order valence-corrected chi connectivity index (χ0v) is 16.2. The fraction of sp³-hybridized carbons (Fsp3) is 0.611. The molecule has 0 heterocycles. The van der Waals surface area contributed by atoms with Gasteiger partial charge in [0.05, 0.1) is 5.54 Å². The Morgan fingerprint density at radius 1 is 1.43 bits per heavy atom. The van der Waals surface area contributed by atoms with E-state index in [0.29, 0.717) is 26.0 Å². The SMILES string of the molecule is COCCC(Cc1cccc(Br)c1)C(=O)NC(C)(CN)C(C)C. The average molecular weight is 385 g/mol. The lowest BCUT2D eigenvalue weighted by Gasteiger charge is -2.35. The Bertz CT molecular complexity index is 508. The van der Waals surface area contributed by atoms with Crippen LogP contribution in [0.1, 0.15) is 32.8 Å². The Hall–Kier alpha value is -0.910. The smallest absolute Gasteiger partial charge is 0.224 e. The van der Waals surface area contributed by atoms with Crippen molar-refractivity contribution in [3.63, 3.8) is 0 Å². The summed E-state index contributed by atoms with van der Waals surface area (Å²) in [5, 5.41) is 3.16. The molecule has 0 radical (unpaired) electrons. The van der Waals surface area contributed by atoms with Crippen molar-refractivity contribution in [1.82, 2.24) is 5.32 Å². The van der Waals surface area contributed by atoms with Crippen LogP contribution in [0.3, 0.4) is 0 Å². The lowest BCUT2D eigenvalue weighted by molar-refractivity contribution is -0.127. The molecular formula is C18H29BrN2O2. The predicted octanol–water partition coefficient (Wildman–Crippen LogP) is 3.13. The van der Waals surface area contributed by atoms with Gasteiger partial charge in [0, 0.05) is 30.7 Å². The van der Waals surface area contributed by atoms with E-state index in [2.05, 4.69) is 41.2 Å². The highest BCUT2D eigenvalue weighted by Crippen LogP contribution is 2.20. The van der Waals surface area contributed by atoms with Crippen LogP contribution in [-0.2, 0) is 16.0 Å². The minimum atomic E-state index is -0.389. The third kappa shape index (κ3) is 6.24. The maximum Gasteiger partial charge on any atom is 0.224 e. The summed E-state index contributed by atoms with van der Waals surface area (Å²) in [4.78, 5) is 12.8. The third-order valence-corrected chi connectivity index (χ3v) is 5.01. The highest BCUT2D eigenvalue weighted by atomic mass is 79.9. The monoisotopic (exact) mass is 384 g/mol. The van der Waals surface area contributed by atoms with E-state index >= 15 is 0 Å². The topological polar surface area (TPSA) is 64.3 Å². The van der Waals surface area contributed by atoms with E-state index in [1.54, 1.807) is 7.11 Å². The van der Waals surface area contributed by atoms with Gasteiger partial charge in [-0.25, -0.2) is 0 Å². The Balaban J connectivity index is 2.86. The van der Waals surface area contributed by atoms with Crippen molar-refractivity contribution in [2.24, 2.45) is 17.6 Å². The highest BCUT2D eigenvalue weighted by Gasteiger charge is 2.31. The van der Waals surface area contributed by atoms with Crippen molar-refractivity contribution in [3.8, 4) is 0 Å². The first-order valence-electron chi connectivity index (χ1n) is 8.08. The number of amides is 1. The van der Waals surface area contributed by atoms with E-state index in [0.717, 1.165) is 10.0 Å². The van der Waals surface area contributed by atoms with Gasteiger partial charge in [0.15, 0.2) is 0 Å². The standard InChI is InChI=1S/C18H29BrN2O2/c1-13(2)18(3,12-20)21-17(22)15(8-9-23-4)10-14-6-5-7-16(19)11-14/h5-7,11,13,15H,8-10,12,20H2,1-4H3,(H,21,22). The van der Waals surface area contributed by atoms with Crippen LogP contribution >= 0.6 is 15.9 Å². The number of nitrogens with one attached hydrogen (secondary N) is 1. The molecule has 0 aromatic heterocycles. The Kier molecular flexibility index (Phi) is 8.23. The molecule has 0 saturated heterocycles. The summed E-state index contributed by atoms with van der Waals surface area (Å²) in [5.41, 5.74) is 6.63. The molecule has 0 aliphatic heterocycles. The van der Waals surface area contributed by atoms with Gasteiger partial charge >= 0.3 is 0 Å². The molecule has 0 spiro atoms. The van der Waals surface area contributed by atoms with Crippen LogP contribution in [0, 0.1) is 11.8 Å². The molecule has 2 unspecified atom stereocenters. The summed E-state index contributed by atoms with van der Waals surface area (Å²) in [6, 6.07) is 8.07. The Morgan fingerprint density at radius 3 is 2.65 bits per heavy atom. The molecule has 5 heteroatoms. The van der Waals surface area contributed by atoms with Gasteiger partial charge in [0.25, 0.3) is 0 Å². The molecule has 23 heavy (non-hydrogen) atoms. The molecule has 1 amide bonds. The number of methoxy groups -OCH3 is 1. The van der Waals surface area contributed by atoms with Crippen LogP contribution in [0.25, 0.3) is 0 Å². The van der Waals surface area contributed by atoms with E-state index in [9.17, 15) is 4.79 Å². The van der Waals surface area contributed by atoms with Crippen molar-refractivity contribution >= 4 is 21.8 Å². The van der Waals surface area contributed by atoms with Crippen molar-refractivity contribution in [1.29, 1.82) is 0 Å². The molecule has 130 valence electrons. The molecule has 0 fully saturated rings. The number of hydrogen-bond acceptors (Lipinski definition) is 3. The van der Waals surface area contributed by atoms with Crippen LogP contribution in [0.2, 0.25) is 0 Å². The summed E-state index contributed by atoms with van der Waals surface area (Å²) < 4.78 is 6.20. The van der Waals surface area contributed by atoms with Crippen LogP contribution in [0.5, 0.6) is 0 Å². The number of carbonyl (C=O) groups is 1. The van der Waals surface area contributed by atoms with Crippen LogP contribution in [0.15, 0.2) is 28.7 Å². The van der Waals surface area contributed by atoms with Crippen LogP contribution < -0.4 is 11.1 Å². The molecule has 3 N–H and O–H groups in total. The number of rotatable bonds is 9. The average Bonchev–Trinajstić information content (AvgIpc) is 2.50.